The van der Waals surface area contributed by atoms with Crippen LogP contribution in [0.1, 0.15) is 91.9 Å². The highest BCUT2D eigenvalue weighted by Crippen LogP contribution is 2.21. The van der Waals surface area contributed by atoms with E-state index in [1.54, 1.807) is 0 Å². The summed E-state index contributed by atoms with van der Waals surface area (Å²) in [4.78, 5) is 11.1. The minimum Gasteiger partial charge on any atom is -0.303 e. The van der Waals surface area contributed by atoms with Gasteiger partial charge in [-0.3, -0.25) is 0 Å². The van der Waals surface area contributed by atoms with Crippen molar-refractivity contribution in [2.75, 3.05) is 0 Å². The zero-order valence-corrected chi connectivity index (χ0v) is 13.8. The van der Waals surface area contributed by atoms with Crippen molar-refractivity contribution < 1.29 is 4.79 Å². The van der Waals surface area contributed by atoms with E-state index in [0.717, 1.165) is 24.7 Å². The molecule has 0 fully saturated rings. The van der Waals surface area contributed by atoms with Gasteiger partial charge in [-0.2, -0.15) is 0 Å². The molecule has 114 valence electrons. The Morgan fingerprint density at radius 3 is 1.79 bits per heavy atom. The van der Waals surface area contributed by atoms with Crippen molar-refractivity contribution in [1.82, 2.24) is 0 Å². The molecule has 0 aliphatic rings. The molecule has 0 radical (unpaired) electrons. The standard InChI is InChI=1S/C18H36O/c1-5-9-16(3)11-7-8-12-18(15-19)14-13-17(4)10-6-2/h15-18H,5-14H2,1-4H3. The van der Waals surface area contributed by atoms with E-state index in [2.05, 4.69) is 27.7 Å². The van der Waals surface area contributed by atoms with Crippen LogP contribution in [0.2, 0.25) is 0 Å². The molecule has 0 bridgehead atoms. The third kappa shape index (κ3) is 11.2. The topological polar surface area (TPSA) is 17.1 Å². The Labute approximate surface area is 121 Å². The molecular weight excluding hydrogens is 232 g/mol. The molecule has 0 rings (SSSR count). The van der Waals surface area contributed by atoms with Gasteiger partial charge in [0.2, 0.25) is 0 Å². The molecule has 0 N–H and O–H groups in total. The van der Waals surface area contributed by atoms with Crippen molar-refractivity contribution in [3.05, 3.63) is 0 Å². The highest BCUT2D eigenvalue weighted by molar-refractivity contribution is 5.53. The lowest BCUT2D eigenvalue weighted by Gasteiger charge is -2.15. The SMILES string of the molecule is CCCC(C)CCCCC(C=O)CCC(C)CCC. The minimum absolute atomic E-state index is 0.320. The summed E-state index contributed by atoms with van der Waals surface area (Å²) in [6.07, 6.45) is 13.7. The zero-order chi connectivity index (χ0) is 14.5. The lowest BCUT2D eigenvalue weighted by atomic mass is 9.90. The van der Waals surface area contributed by atoms with Crippen molar-refractivity contribution >= 4 is 6.29 Å². The average Bonchev–Trinajstić information content (AvgIpc) is 2.38. The quantitative estimate of drug-likeness (QED) is 0.295. The van der Waals surface area contributed by atoms with Crippen LogP contribution in [0, 0.1) is 17.8 Å². The number of aldehydes is 1. The molecule has 0 aromatic rings. The van der Waals surface area contributed by atoms with E-state index < -0.39 is 0 Å². The number of unbranched alkanes of at least 4 members (excludes halogenated alkanes) is 1. The highest BCUT2D eigenvalue weighted by atomic mass is 16.1. The Hall–Kier alpha value is -0.330. The summed E-state index contributed by atoms with van der Waals surface area (Å²) in [6, 6.07) is 0. The van der Waals surface area contributed by atoms with Crippen molar-refractivity contribution in [3.63, 3.8) is 0 Å². The summed E-state index contributed by atoms with van der Waals surface area (Å²) in [5.41, 5.74) is 0. The van der Waals surface area contributed by atoms with Gasteiger partial charge in [0.25, 0.3) is 0 Å². The van der Waals surface area contributed by atoms with Gasteiger partial charge in [-0.05, 0) is 24.7 Å². The first-order valence-corrected chi connectivity index (χ1v) is 8.59. The summed E-state index contributed by atoms with van der Waals surface area (Å²) in [5.74, 6) is 1.97. The van der Waals surface area contributed by atoms with Crippen LogP contribution in [0.5, 0.6) is 0 Å². The van der Waals surface area contributed by atoms with E-state index in [9.17, 15) is 4.79 Å². The van der Waals surface area contributed by atoms with Crippen molar-refractivity contribution in [2.45, 2.75) is 91.9 Å². The fourth-order valence-corrected chi connectivity index (χ4v) is 2.95. The van der Waals surface area contributed by atoms with Gasteiger partial charge in [-0.15, -0.1) is 0 Å². The van der Waals surface area contributed by atoms with Gasteiger partial charge >= 0.3 is 0 Å². The van der Waals surface area contributed by atoms with Gasteiger partial charge < -0.3 is 4.79 Å². The Balaban J connectivity index is 3.61. The third-order valence-electron chi connectivity index (χ3n) is 4.31. The predicted octanol–water partition coefficient (Wildman–Crippen LogP) is 6.01. The predicted molar refractivity (Wildman–Crippen MR) is 85.4 cm³/mol. The van der Waals surface area contributed by atoms with Gasteiger partial charge in [0.15, 0.2) is 0 Å². The van der Waals surface area contributed by atoms with Gasteiger partial charge in [-0.1, -0.05) is 79.1 Å². The molecule has 19 heavy (non-hydrogen) atoms. The number of hydrogen-bond acceptors (Lipinski definition) is 1. The second-order valence-corrected chi connectivity index (χ2v) is 6.55. The van der Waals surface area contributed by atoms with Gasteiger partial charge in [-0.25, -0.2) is 0 Å². The molecule has 1 nitrogen and oxygen atoms in total. The van der Waals surface area contributed by atoms with Crippen molar-refractivity contribution in [3.8, 4) is 0 Å². The van der Waals surface area contributed by atoms with E-state index in [1.165, 1.54) is 57.7 Å². The van der Waals surface area contributed by atoms with Crippen LogP contribution in [0.3, 0.4) is 0 Å². The van der Waals surface area contributed by atoms with Crippen LogP contribution in [0.15, 0.2) is 0 Å². The van der Waals surface area contributed by atoms with E-state index in [-0.39, 0.29) is 0 Å². The zero-order valence-electron chi connectivity index (χ0n) is 13.8. The summed E-state index contributed by atoms with van der Waals surface area (Å²) < 4.78 is 0. The Bertz CT molecular complexity index is 200. The molecule has 1 heteroatoms. The van der Waals surface area contributed by atoms with Crippen molar-refractivity contribution in [2.24, 2.45) is 17.8 Å². The average molecular weight is 268 g/mol. The molecule has 3 unspecified atom stereocenters. The first-order valence-electron chi connectivity index (χ1n) is 8.59. The molecule has 0 aromatic heterocycles. The smallest absolute Gasteiger partial charge is 0.123 e. The second kappa shape index (κ2) is 12.7. The van der Waals surface area contributed by atoms with Crippen LogP contribution in [0.4, 0.5) is 0 Å². The molecule has 0 aliphatic heterocycles. The summed E-state index contributed by atoms with van der Waals surface area (Å²) in [6.45, 7) is 9.17. The lowest BCUT2D eigenvalue weighted by Crippen LogP contribution is -2.05. The van der Waals surface area contributed by atoms with Crippen molar-refractivity contribution in [1.29, 1.82) is 0 Å². The van der Waals surface area contributed by atoms with Crippen LogP contribution in [-0.4, -0.2) is 6.29 Å². The lowest BCUT2D eigenvalue weighted by molar-refractivity contribution is -0.111. The summed E-state index contributed by atoms with van der Waals surface area (Å²) in [5, 5.41) is 0. The Morgan fingerprint density at radius 2 is 1.26 bits per heavy atom. The number of carbonyl (C=O) groups is 1. The molecule has 0 saturated heterocycles. The monoisotopic (exact) mass is 268 g/mol. The maximum absolute atomic E-state index is 11.1. The summed E-state index contributed by atoms with van der Waals surface area (Å²) >= 11 is 0. The first-order chi connectivity index (χ1) is 9.13. The normalized spacial score (nSPS) is 16.0. The van der Waals surface area contributed by atoms with E-state index in [0.29, 0.717) is 5.92 Å². The first kappa shape index (κ1) is 18.7. The molecule has 0 heterocycles. The van der Waals surface area contributed by atoms with Crippen LogP contribution in [0.25, 0.3) is 0 Å². The third-order valence-corrected chi connectivity index (χ3v) is 4.31. The van der Waals surface area contributed by atoms with Gasteiger partial charge in [0.05, 0.1) is 0 Å². The van der Waals surface area contributed by atoms with Crippen LogP contribution in [-0.2, 0) is 4.79 Å². The number of carbonyl (C=O) groups excluding carboxylic acids is 1. The number of rotatable bonds is 13. The Kier molecular flexibility index (Phi) is 12.5. The molecule has 0 spiro atoms. The van der Waals surface area contributed by atoms with Gasteiger partial charge in [0.1, 0.15) is 6.29 Å². The highest BCUT2D eigenvalue weighted by Gasteiger charge is 2.10. The van der Waals surface area contributed by atoms with E-state index in [1.807, 2.05) is 0 Å². The second-order valence-electron chi connectivity index (χ2n) is 6.55. The molecular formula is C18H36O. The fourth-order valence-electron chi connectivity index (χ4n) is 2.95. The molecule has 0 aliphatic carbocycles. The molecule has 0 saturated carbocycles. The van der Waals surface area contributed by atoms with E-state index >= 15 is 0 Å². The summed E-state index contributed by atoms with van der Waals surface area (Å²) in [7, 11) is 0. The van der Waals surface area contributed by atoms with Crippen LogP contribution < -0.4 is 0 Å². The Morgan fingerprint density at radius 1 is 0.737 bits per heavy atom. The van der Waals surface area contributed by atoms with E-state index in [4.69, 9.17) is 0 Å². The maximum atomic E-state index is 11.1. The minimum atomic E-state index is 0.320. The van der Waals surface area contributed by atoms with Gasteiger partial charge in [0, 0.05) is 5.92 Å². The molecule has 0 amide bonds. The fraction of sp³-hybridized carbons (Fsp3) is 0.944. The maximum Gasteiger partial charge on any atom is 0.123 e. The largest absolute Gasteiger partial charge is 0.303 e. The molecule has 3 atom stereocenters. The number of hydrogen-bond donors (Lipinski definition) is 0. The van der Waals surface area contributed by atoms with Crippen LogP contribution >= 0.6 is 0 Å². The molecule has 0 aromatic carbocycles.